The van der Waals surface area contributed by atoms with E-state index in [0.717, 1.165) is 24.9 Å². The van der Waals surface area contributed by atoms with Gasteiger partial charge in [0.2, 0.25) is 0 Å². The van der Waals surface area contributed by atoms with Crippen molar-refractivity contribution in [2.24, 2.45) is 5.92 Å². The van der Waals surface area contributed by atoms with Gasteiger partial charge in [0.15, 0.2) is 0 Å². The van der Waals surface area contributed by atoms with E-state index in [4.69, 9.17) is 5.11 Å². The van der Waals surface area contributed by atoms with E-state index in [1.807, 2.05) is 4.90 Å². The smallest absolute Gasteiger partial charge is 0.303 e. The number of hydrogen-bond donors (Lipinski definition) is 2. The Hall–Kier alpha value is -2.44. The number of likely N-dealkylation sites (tertiary alicyclic amines) is 1. The number of nitrogens with zero attached hydrogens (tertiary/aromatic N) is 3. The maximum Gasteiger partial charge on any atom is 0.303 e. The predicted octanol–water partition coefficient (Wildman–Crippen LogP) is 1.67. The number of rotatable bonds is 4. The number of nitrogens with one attached hydrogen (secondary N) is 1. The molecule has 1 saturated heterocycles. The van der Waals surface area contributed by atoms with Gasteiger partial charge in [-0.1, -0.05) is 0 Å². The molecule has 0 saturated carbocycles. The number of piperidine rings is 1. The molecule has 0 bridgehead atoms. The summed E-state index contributed by atoms with van der Waals surface area (Å²) in [4.78, 5) is 25.1. The van der Waals surface area contributed by atoms with Crippen molar-refractivity contribution < 1.29 is 14.7 Å². The molecule has 3 rings (SSSR count). The zero-order chi connectivity index (χ0) is 15.5. The van der Waals surface area contributed by atoms with Gasteiger partial charge in [-0.05, 0) is 43.4 Å². The molecular weight excluding hydrogens is 284 g/mol. The van der Waals surface area contributed by atoms with Gasteiger partial charge in [0, 0.05) is 25.1 Å². The standard InChI is InChI=1S/C15H18N4O3/c20-14(21)6-3-10-2-1-7-19(9-10)15(22)11-4-5-12-13(8-11)17-18-16-12/h4-5,8,10H,1-3,6-7,9H2,(H,20,21)(H,16,17,18)/t10-/m0/s1. The van der Waals surface area contributed by atoms with Crippen LogP contribution in [0.2, 0.25) is 0 Å². The second-order valence-corrected chi connectivity index (χ2v) is 5.72. The van der Waals surface area contributed by atoms with E-state index in [1.165, 1.54) is 0 Å². The van der Waals surface area contributed by atoms with Crippen LogP contribution in [-0.2, 0) is 4.79 Å². The summed E-state index contributed by atoms with van der Waals surface area (Å²) in [5, 5.41) is 19.3. The summed E-state index contributed by atoms with van der Waals surface area (Å²) in [5.41, 5.74) is 2.00. The third-order valence-electron chi connectivity index (χ3n) is 4.14. The number of carbonyl (C=O) groups is 2. The molecule has 22 heavy (non-hydrogen) atoms. The van der Waals surface area contributed by atoms with E-state index < -0.39 is 5.97 Å². The summed E-state index contributed by atoms with van der Waals surface area (Å²) in [5.74, 6) is -0.533. The Morgan fingerprint density at radius 3 is 2.95 bits per heavy atom. The Bertz CT molecular complexity index is 697. The van der Waals surface area contributed by atoms with Crippen molar-refractivity contribution in [3.8, 4) is 0 Å². The second kappa shape index (κ2) is 6.13. The number of carboxylic acids is 1. The number of benzene rings is 1. The fraction of sp³-hybridized carbons (Fsp3) is 0.467. The Balaban J connectivity index is 1.69. The van der Waals surface area contributed by atoms with Gasteiger partial charge in [-0.2, -0.15) is 15.4 Å². The van der Waals surface area contributed by atoms with Crippen LogP contribution in [0.4, 0.5) is 0 Å². The maximum atomic E-state index is 12.6. The van der Waals surface area contributed by atoms with Gasteiger partial charge < -0.3 is 10.0 Å². The van der Waals surface area contributed by atoms with E-state index in [1.54, 1.807) is 18.2 Å². The van der Waals surface area contributed by atoms with Crippen molar-refractivity contribution >= 4 is 22.9 Å². The quantitative estimate of drug-likeness (QED) is 0.895. The third kappa shape index (κ3) is 3.08. The molecule has 1 aromatic carbocycles. The fourth-order valence-corrected chi connectivity index (χ4v) is 2.97. The van der Waals surface area contributed by atoms with Crippen LogP contribution in [0.15, 0.2) is 18.2 Å². The molecule has 1 fully saturated rings. The molecule has 1 amide bonds. The average molecular weight is 302 g/mol. The van der Waals surface area contributed by atoms with Gasteiger partial charge in [0.1, 0.15) is 11.0 Å². The van der Waals surface area contributed by atoms with Gasteiger partial charge in [-0.25, -0.2) is 0 Å². The predicted molar refractivity (Wildman–Crippen MR) is 79.4 cm³/mol. The first-order valence-electron chi connectivity index (χ1n) is 7.45. The molecule has 2 heterocycles. The van der Waals surface area contributed by atoms with Crippen LogP contribution in [0.3, 0.4) is 0 Å². The fourth-order valence-electron chi connectivity index (χ4n) is 2.97. The largest absolute Gasteiger partial charge is 0.481 e. The van der Waals surface area contributed by atoms with Crippen molar-refractivity contribution in [2.75, 3.05) is 13.1 Å². The van der Waals surface area contributed by atoms with Gasteiger partial charge >= 0.3 is 5.97 Å². The van der Waals surface area contributed by atoms with Crippen LogP contribution < -0.4 is 0 Å². The molecule has 1 aliphatic heterocycles. The van der Waals surface area contributed by atoms with Gasteiger partial charge in [0.05, 0.1) is 0 Å². The molecule has 0 spiro atoms. The zero-order valence-electron chi connectivity index (χ0n) is 12.2. The van der Waals surface area contributed by atoms with Crippen LogP contribution in [0.5, 0.6) is 0 Å². The van der Waals surface area contributed by atoms with Crippen LogP contribution in [0, 0.1) is 5.92 Å². The zero-order valence-corrected chi connectivity index (χ0v) is 12.2. The highest BCUT2D eigenvalue weighted by molar-refractivity contribution is 5.97. The minimum absolute atomic E-state index is 0.0232. The Kier molecular flexibility index (Phi) is 4.04. The Morgan fingerprint density at radius 2 is 2.14 bits per heavy atom. The van der Waals surface area contributed by atoms with Crippen LogP contribution in [0.25, 0.3) is 11.0 Å². The summed E-state index contributed by atoms with van der Waals surface area (Å²) in [6.07, 6.45) is 2.70. The number of aliphatic carboxylic acids is 1. The van der Waals surface area contributed by atoms with E-state index in [9.17, 15) is 9.59 Å². The van der Waals surface area contributed by atoms with Crippen molar-refractivity contribution in [1.29, 1.82) is 0 Å². The highest BCUT2D eigenvalue weighted by Gasteiger charge is 2.25. The molecule has 2 aromatic rings. The topological polar surface area (TPSA) is 99.2 Å². The van der Waals surface area contributed by atoms with Gasteiger partial charge in [0.25, 0.3) is 5.91 Å². The molecule has 116 valence electrons. The first kappa shape index (κ1) is 14.5. The van der Waals surface area contributed by atoms with Crippen molar-refractivity contribution in [1.82, 2.24) is 20.3 Å². The number of carbonyl (C=O) groups excluding carboxylic acids is 1. The van der Waals surface area contributed by atoms with Crippen molar-refractivity contribution in [2.45, 2.75) is 25.7 Å². The summed E-state index contributed by atoms with van der Waals surface area (Å²) < 4.78 is 0. The molecule has 7 heteroatoms. The summed E-state index contributed by atoms with van der Waals surface area (Å²) in [6.45, 7) is 1.35. The minimum atomic E-state index is -0.778. The molecule has 2 N–H and O–H groups in total. The van der Waals surface area contributed by atoms with Gasteiger partial charge in [-0.15, -0.1) is 0 Å². The number of aromatic nitrogens is 3. The minimum Gasteiger partial charge on any atom is -0.481 e. The summed E-state index contributed by atoms with van der Waals surface area (Å²) >= 11 is 0. The molecule has 0 aliphatic carbocycles. The number of amides is 1. The number of H-pyrrole nitrogens is 1. The molecule has 1 atom stereocenters. The average Bonchev–Trinajstić information content (AvgIpc) is 3.00. The maximum absolute atomic E-state index is 12.6. The summed E-state index contributed by atoms with van der Waals surface area (Å²) in [6, 6.07) is 5.27. The molecular formula is C15H18N4O3. The van der Waals surface area contributed by atoms with Crippen molar-refractivity contribution in [3.63, 3.8) is 0 Å². The lowest BCUT2D eigenvalue weighted by molar-refractivity contribution is -0.137. The van der Waals surface area contributed by atoms with E-state index in [0.29, 0.717) is 24.0 Å². The number of hydrogen-bond acceptors (Lipinski definition) is 4. The monoisotopic (exact) mass is 302 g/mol. The number of aromatic amines is 1. The lowest BCUT2D eigenvalue weighted by atomic mass is 9.93. The molecule has 0 unspecified atom stereocenters. The Labute approximate surface area is 127 Å². The molecule has 1 aliphatic rings. The summed E-state index contributed by atoms with van der Waals surface area (Å²) in [7, 11) is 0. The number of carboxylic acid groups (broad SMARTS) is 1. The Morgan fingerprint density at radius 1 is 1.32 bits per heavy atom. The lowest BCUT2D eigenvalue weighted by Gasteiger charge is -2.32. The first-order chi connectivity index (χ1) is 10.6. The first-order valence-corrected chi connectivity index (χ1v) is 7.45. The van der Waals surface area contributed by atoms with Crippen LogP contribution >= 0.6 is 0 Å². The normalized spacial score (nSPS) is 18.5. The third-order valence-corrected chi connectivity index (χ3v) is 4.14. The highest BCUT2D eigenvalue weighted by atomic mass is 16.4. The highest BCUT2D eigenvalue weighted by Crippen LogP contribution is 2.23. The van der Waals surface area contributed by atoms with E-state index in [-0.39, 0.29) is 18.2 Å². The molecule has 0 radical (unpaired) electrons. The van der Waals surface area contributed by atoms with E-state index in [2.05, 4.69) is 15.4 Å². The second-order valence-electron chi connectivity index (χ2n) is 5.72. The SMILES string of the molecule is O=C(O)CC[C@@H]1CCCN(C(=O)c2ccc3n[nH]nc3c2)C1. The van der Waals surface area contributed by atoms with E-state index >= 15 is 0 Å². The lowest BCUT2D eigenvalue weighted by Crippen LogP contribution is -2.40. The van der Waals surface area contributed by atoms with Crippen molar-refractivity contribution in [3.05, 3.63) is 23.8 Å². The molecule has 7 nitrogen and oxygen atoms in total. The van der Waals surface area contributed by atoms with Crippen LogP contribution in [0.1, 0.15) is 36.0 Å². The molecule has 1 aromatic heterocycles. The number of fused-ring (bicyclic) bond motifs is 1. The van der Waals surface area contributed by atoms with Gasteiger partial charge in [-0.3, -0.25) is 9.59 Å². The van der Waals surface area contributed by atoms with Crippen LogP contribution in [-0.4, -0.2) is 50.4 Å².